The normalized spacial score (nSPS) is 25.1. The molecule has 0 saturated heterocycles. The van der Waals surface area contributed by atoms with E-state index < -0.39 is 0 Å². The number of rotatable bonds is 3. The summed E-state index contributed by atoms with van der Waals surface area (Å²) in [5.41, 5.74) is 0. The summed E-state index contributed by atoms with van der Waals surface area (Å²) in [5.74, 6) is 0.707. The van der Waals surface area contributed by atoms with E-state index in [2.05, 4.69) is 0 Å². The number of esters is 1. The van der Waals surface area contributed by atoms with Gasteiger partial charge in [0.2, 0.25) is 0 Å². The lowest BCUT2D eigenvalue weighted by molar-refractivity contribution is -0.142. The first-order chi connectivity index (χ1) is 6.72. The Kier molecular flexibility index (Phi) is 7.48. The van der Waals surface area contributed by atoms with Gasteiger partial charge in [-0.3, -0.25) is 4.79 Å². The summed E-state index contributed by atoms with van der Waals surface area (Å²) in [5, 5.41) is 8.85. The van der Waals surface area contributed by atoms with Gasteiger partial charge in [-0.15, -0.1) is 0 Å². The van der Waals surface area contributed by atoms with Crippen molar-refractivity contribution in [3.05, 3.63) is 0 Å². The second kappa shape index (κ2) is 7.80. The summed E-state index contributed by atoms with van der Waals surface area (Å²) in [4.78, 5) is 10.5. The van der Waals surface area contributed by atoms with Gasteiger partial charge in [0.15, 0.2) is 0 Å². The molecule has 1 fully saturated rings. The second-order valence-electron chi connectivity index (χ2n) is 3.53. The SMILES string of the molecule is CC.CC(=O)OC[C@H]1CC[C@@H](CO)C1. The lowest BCUT2D eigenvalue weighted by Crippen LogP contribution is -2.10. The molecule has 3 heteroatoms. The molecule has 0 aromatic heterocycles. The van der Waals surface area contributed by atoms with Crippen molar-refractivity contribution < 1.29 is 14.6 Å². The van der Waals surface area contributed by atoms with Crippen LogP contribution in [0.4, 0.5) is 0 Å². The zero-order chi connectivity index (χ0) is 11.0. The third-order valence-electron chi connectivity index (χ3n) is 2.43. The van der Waals surface area contributed by atoms with Crippen molar-refractivity contribution in [1.29, 1.82) is 0 Å². The monoisotopic (exact) mass is 202 g/mol. The Bertz CT molecular complexity index is 157. The molecule has 0 aromatic rings. The molecule has 0 bridgehead atoms. The molecule has 14 heavy (non-hydrogen) atoms. The van der Waals surface area contributed by atoms with Crippen molar-refractivity contribution in [2.24, 2.45) is 11.8 Å². The van der Waals surface area contributed by atoms with E-state index in [-0.39, 0.29) is 12.6 Å². The summed E-state index contributed by atoms with van der Waals surface area (Å²) in [6.07, 6.45) is 3.16. The number of aliphatic hydroxyl groups excluding tert-OH is 1. The van der Waals surface area contributed by atoms with Gasteiger partial charge in [0.25, 0.3) is 0 Å². The van der Waals surface area contributed by atoms with E-state index >= 15 is 0 Å². The van der Waals surface area contributed by atoms with Crippen molar-refractivity contribution in [2.45, 2.75) is 40.0 Å². The summed E-state index contributed by atoms with van der Waals surface area (Å²) < 4.78 is 4.90. The van der Waals surface area contributed by atoms with Gasteiger partial charge < -0.3 is 9.84 Å². The number of carbonyl (C=O) groups is 1. The lowest BCUT2D eigenvalue weighted by atomic mass is 10.1. The average Bonchev–Trinajstić information content (AvgIpc) is 2.65. The number of hydrogen-bond acceptors (Lipinski definition) is 3. The highest BCUT2D eigenvalue weighted by Gasteiger charge is 2.24. The standard InChI is InChI=1S/C9H16O3.C2H6/c1-7(11)12-6-9-3-2-8(4-9)5-10;1-2/h8-10H,2-6H2,1H3;1-2H3/t8-,9+;/m1./s1. The molecule has 2 atom stereocenters. The molecule has 1 aliphatic carbocycles. The van der Waals surface area contributed by atoms with Crippen molar-refractivity contribution >= 4 is 5.97 Å². The molecule has 1 aliphatic rings. The fraction of sp³-hybridized carbons (Fsp3) is 0.909. The van der Waals surface area contributed by atoms with Gasteiger partial charge in [-0.1, -0.05) is 13.8 Å². The van der Waals surface area contributed by atoms with E-state index in [0.717, 1.165) is 19.3 Å². The van der Waals surface area contributed by atoms with Crippen LogP contribution in [0.15, 0.2) is 0 Å². The maximum atomic E-state index is 10.5. The van der Waals surface area contributed by atoms with Crippen LogP contribution in [0.5, 0.6) is 0 Å². The highest BCUT2D eigenvalue weighted by atomic mass is 16.5. The smallest absolute Gasteiger partial charge is 0.302 e. The minimum atomic E-state index is -0.206. The summed E-state index contributed by atoms with van der Waals surface area (Å²) in [6, 6.07) is 0. The van der Waals surface area contributed by atoms with Crippen LogP contribution in [0.3, 0.4) is 0 Å². The van der Waals surface area contributed by atoms with E-state index in [1.807, 2.05) is 13.8 Å². The predicted octanol–water partition coefficient (Wildman–Crippen LogP) is 1.98. The van der Waals surface area contributed by atoms with E-state index in [0.29, 0.717) is 18.4 Å². The quantitative estimate of drug-likeness (QED) is 0.712. The van der Waals surface area contributed by atoms with Crippen LogP contribution in [0.25, 0.3) is 0 Å². The van der Waals surface area contributed by atoms with Crippen molar-refractivity contribution in [3.63, 3.8) is 0 Å². The molecule has 0 amide bonds. The molecule has 84 valence electrons. The number of hydrogen-bond donors (Lipinski definition) is 1. The molecule has 0 unspecified atom stereocenters. The van der Waals surface area contributed by atoms with Gasteiger partial charge in [-0.2, -0.15) is 0 Å². The Hall–Kier alpha value is -0.570. The molecule has 1 rings (SSSR count). The summed E-state index contributed by atoms with van der Waals surface area (Å²) >= 11 is 0. The molecule has 0 aromatic carbocycles. The van der Waals surface area contributed by atoms with E-state index in [1.54, 1.807) is 0 Å². The van der Waals surface area contributed by atoms with Crippen LogP contribution in [0.2, 0.25) is 0 Å². The Labute approximate surface area is 86.5 Å². The first kappa shape index (κ1) is 13.4. The van der Waals surface area contributed by atoms with Crippen LogP contribution < -0.4 is 0 Å². The van der Waals surface area contributed by atoms with Crippen molar-refractivity contribution in [1.82, 2.24) is 0 Å². The van der Waals surface area contributed by atoms with Crippen molar-refractivity contribution in [3.8, 4) is 0 Å². The molecule has 0 aliphatic heterocycles. The summed E-state index contributed by atoms with van der Waals surface area (Å²) in [6.45, 7) is 6.24. The topological polar surface area (TPSA) is 46.5 Å². The molecule has 3 nitrogen and oxygen atoms in total. The first-order valence-corrected chi connectivity index (χ1v) is 5.46. The zero-order valence-corrected chi connectivity index (χ0v) is 9.45. The van der Waals surface area contributed by atoms with Gasteiger partial charge in [0.05, 0.1) is 6.61 Å². The van der Waals surface area contributed by atoms with Gasteiger partial charge in [0.1, 0.15) is 0 Å². The highest BCUT2D eigenvalue weighted by Crippen LogP contribution is 2.30. The van der Waals surface area contributed by atoms with Gasteiger partial charge in [-0.25, -0.2) is 0 Å². The minimum absolute atomic E-state index is 0.206. The molecule has 0 heterocycles. The fourth-order valence-electron chi connectivity index (χ4n) is 1.73. The summed E-state index contributed by atoms with van der Waals surface area (Å²) in [7, 11) is 0. The molecule has 1 N–H and O–H groups in total. The zero-order valence-electron chi connectivity index (χ0n) is 9.45. The number of aliphatic hydroxyl groups is 1. The first-order valence-electron chi connectivity index (χ1n) is 5.46. The van der Waals surface area contributed by atoms with E-state index in [4.69, 9.17) is 9.84 Å². The maximum Gasteiger partial charge on any atom is 0.302 e. The Morgan fingerprint density at radius 1 is 1.36 bits per heavy atom. The van der Waals surface area contributed by atoms with E-state index in [1.165, 1.54) is 6.92 Å². The number of carbonyl (C=O) groups excluding carboxylic acids is 1. The van der Waals surface area contributed by atoms with Crippen LogP contribution in [0, 0.1) is 11.8 Å². The minimum Gasteiger partial charge on any atom is -0.466 e. The predicted molar refractivity (Wildman–Crippen MR) is 55.9 cm³/mol. The van der Waals surface area contributed by atoms with Gasteiger partial charge in [-0.05, 0) is 31.1 Å². The van der Waals surface area contributed by atoms with Crippen LogP contribution in [-0.2, 0) is 9.53 Å². The number of ether oxygens (including phenoxy) is 1. The van der Waals surface area contributed by atoms with Crippen LogP contribution in [-0.4, -0.2) is 24.3 Å². The van der Waals surface area contributed by atoms with Crippen molar-refractivity contribution in [2.75, 3.05) is 13.2 Å². The lowest BCUT2D eigenvalue weighted by Gasteiger charge is -2.08. The molecular formula is C11H22O3. The second-order valence-corrected chi connectivity index (χ2v) is 3.53. The third kappa shape index (κ3) is 5.22. The van der Waals surface area contributed by atoms with Crippen LogP contribution in [0.1, 0.15) is 40.0 Å². The maximum absolute atomic E-state index is 10.5. The Morgan fingerprint density at radius 2 is 1.93 bits per heavy atom. The Balaban J connectivity index is 0.000000791. The molecule has 0 radical (unpaired) electrons. The molecular weight excluding hydrogens is 180 g/mol. The Morgan fingerprint density at radius 3 is 2.36 bits per heavy atom. The molecule has 1 saturated carbocycles. The fourth-order valence-corrected chi connectivity index (χ4v) is 1.73. The van der Waals surface area contributed by atoms with Gasteiger partial charge in [0, 0.05) is 13.5 Å². The third-order valence-corrected chi connectivity index (χ3v) is 2.43. The highest BCUT2D eigenvalue weighted by molar-refractivity contribution is 5.65. The van der Waals surface area contributed by atoms with Gasteiger partial charge >= 0.3 is 5.97 Å². The largest absolute Gasteiger partial charge is 0.466 e. The average molecular weight is 202 g/mol. The molecule has 0 spiro atoms. The van der Waals surface area contributed by atoms with E-state index in [9.17, 15) is 4.79 Å². The van der Waals surface area contributed by atoms with Crippen LogP contribution >= 0.6 is 0 Å².